The van der Waals surface area contributed by atoms with Crippen molar-refractivity contribution in [3.63, 3.8) is 0 Å². The van der Waals surface area contributed by atoms with Crippen LogP contribution in [0.3, 0.4) is 0 Å². The Morgan fingerprint density at radius 2 is 1.90 bits per heavy atom. The molecule has 0 heterocycles. The summed E-state index contributed by atoms with van der Waals surface area (Å²) in [6.45, 7) is 4.18. The van der Waals surface area contributed by atoms with E-state index in [1.807, 2.05) is 32.0 Å². The Bertz CT molecular complexity index is 613. The van der Waals surface area contributed by atoms with Crippen LogP contribution in [-0.2, 0) is 4.79 Å². The van der Waals surface area contributed by atoms with E-state index < -0.39 is 6.10 Å². The molecule has 0 saturated carbocycles. The van der Waals surface area contributed by atoms with Gasteiger partial charge < -0.3 is 10.4 Å². The molecule has 2 rings (SSSR count). The number of amides is 1. The summed E-state index contributed by atoms with van der Waals surface area (Å²) in [6.07, 6.45) is -0.486. The van der Waals surface area contributed by atoms with Gasteiger partial charge in [0, 0.05) is 11.4 Å². The van der Waals surface area contributed by atoms with Crippen molar-refractivity contribution in [1.29, 1.82) is 0 Å². The first-order valence-corrected chi connectivity index (χ1v) is 8.11. The van der Waals surface area contributed by atoms with Crippen LogP contribution >= 0.6 is 11.8 Å². The van der Waals surface area contributed by atoms with E-state index in [0.29, 0.717) is 12.3 Å². The Morgan fingerprint density at radius 1 is 1.19 bits per heavy atom. The second-order valence-electron chi connectivity index (χ2n) is 5.41. The highest BCUT2D eigenvalue weighted by atomic mass is 32.2. The van der Waals surface area contributed by atoms with Crippen molar-refractivity contribution in [3.05, 3.63) is 42.5 Å². The number of aliphatic hydroxyl groups is 1. The molecule has 0 aromatic heterocycles. The Morgan fingerprint density at radius 3 is 2.62 bits per heavy atom. The molecule has 3 nitrogen and oxygen atoms in total. The molecule has 1 unspecified atom stereocenters. The summed E-state index contributed by atoms with van der Waals surface area (Å²) >= 11 is 1.51. The van der Waals surface area contributed by atoms with Gasteiger partial charge in [0.05, 0.1) is 11.9 Å². The molecule has 1 amide bonds. The van der Waals surface area contributed by atoms with Crippen molar-refractivity contribution in [2.75, 3.05) is 12.3 Å². The zero-order valence-corrected chi connectivity index (χ0v) is 13.2. The molecular weight excluding hydrogens is 282 g/mol. The largest absolute Gasteiger partial charge is 0.391 e. The molecular formula is C17H21NO2S. The van der Waals surface area contributed by atoms with Crippen molar-refractivity contribution >= 4 is 28.4 Å². The van der Waals surface area contributed by atoms with Crippen LogP contribution in [0.2, 0.25) is 0 Å². The Balaban J connectivity index is 1.85. The van der Waals surface area contributed by atoms with Crippen LogP contribution in [0.4, 0.5) is 0 Å². The summed E-state index contributed by atoms with van der Waals surface area (Å²) in [5, 5.41) is 14.8. The maximum absolute atomic E-state index is 11.8. The van der Waals surface area contributed by atoms with Crippen molar-refractivity contribution in [2.24, 2.45) is 5.92 Å². The number of carbonyl (C=O) groups is 1. The number of thioether (sulfide) groups is 1. The van der Waals surface area contributed by atoms with Gasteiger partial charge in [-0.15, -0.1) is 11.8 Å². The summed E-state index contributed by atoms with van der Waals surface area (Å²) in [5.74, 6) is 0.467. The highest BCUT2D eigenvalue weighted by Gasteiger charge is 2.10. The number of benzene rings is 2. The number of rotatable bonds is 6. The molecule has 0 aliphatic rings. The lowest BCUT2D eigenvalue weighted by Gasteiger charge is -2.14. The Labute approximate surface area is 129 Å². The van der Waals surface area contributed by atoms with Crippen LogP contribution in [0.25, 0.3) is 10.8 Å². The van der Waals surface area contributed by atoms with Crippen LogP contribution in [0.1, 0.15) is 13.8 Å². The van der Waals surface area contributed by atoms with E-state index in [0.717, 1.165) is 4.90 Å². The predicted molar refractivity (Wildman–Crippen MR) is 88.5 cm³/mol. The van der Waals surface area contributed by atoms with Gasteiger partial charge in [-0.25, -0.2) is 0 Å². The second-order valence-corrected chi connectivity index (χ2v) is 6.46. The van der Waals surface area contributed by atoms with E-state index in [1.54, 1.807) is 0 Å². The lowest BCUT2D eigenvalue weighted by Crippen LogP contribution is -2.35. The minimum absolute atomic E-state index is 0.0483. The van der Waals surface area contributed by atoms with Gasteiger partial charge in [-0.3, -0.25) is 4.79 Å². The molecule has 2 aromatic rings. The molecule has 2 aromatic carbocycles. The number of nitrogens with one attached hydrogen (secondary N) is 1. The SMILES string of the molecule is CC(C)C(O)CNC(=O)CSc1ccc2ccccc2c1. The first-order chi connectivity index (χ1) is 10.1. The lowest BCUT2D eigenvalue weighted by atomic mass is 10.1. The standard InChI is InChI=1S/C17H21NO2S/c1-12(2)16(19)10-18-17(20)11-21-15-8-7-13-5-3-4-6-14(13)9-15/h3-9,12,16,19H,10-11H2,1-2H3,(H,18,20). The highest BCUT2D eigenvalue weighted by Crippen LogP contribution is 2.23. The molecule has 1 atom stereocenters. The molecule has 0 fully saturated rings. The van der Waals surface area contributed by atoms with E-state index in [-0.39, 0.29) is 11.8 Å². The van der Waals surface area contributed by atoms with Crippen molar-refractivity contribution in [1.82, 2.24) is 5.32 Å². The predicted octanol–water partition coefficient (Wildman–Crippen LogP) is 3.07. The quantitative estimate of drug-likeness (QED) is 0.806. The Hall–Kier alpha value is -1.52. The summed E-state index contributed by atoms with van der Waals surface area (Å²) in [7, 11) is 0. The van der Waals surface area contributed by atoms with Crippen LogP contribution in [-0.4, -0.2) is 29.4 Å². The fourth-order valence-corrected chi connectivity index (χ4v) is 2.69. The number of hydrogen-bond donors (Lipinski definition) is 2. The van der Waals surface area contributed by atoms with Crippen LogP contribution in [0.15, 0.2) is 47.4 Å². The maximum atomic E-state index is 11.8. The van der Waals surface area contributed by atoms with Gasteiger partial charge in [0.2, 0.25) is 5.91 Å². The van der Waals surface area contributed by atoms with Gasteiger partial charge in [-0.2, -0.15) is 0 Å². The number of aliphatic hydroxyl groups excluding tert-OH is 1. The van der Waals surface area contributed by atoms with Gasteiger partial charge in [0.15, 0.2) is 0 Å². The zero-order valence-electron chi connectivity index (χ0n) is 12.4. The topological polar surface area (TPSA) is 49.3 Å². The normalized spacial score (nSPS) is 12.6. The maximum Gasteiger partial charge on any atom is 0.230 e. The van der Waals surface area contributed by atoms with Gasteiger partial charge >= 0.3 is 0 Å². The number of hydrogen-bond acceptors (Lipinski definition) is 3. The van der Waals surface area contributed by atoms with E-state index in [2.05, 4.69) is 29.6 Å². The molecule has 0 saturated heterocycles. The van der Waals surface area contributed by atoms with Crippen molar-refractivity contribution < 1.29 is 9.90 Å². The van der Waals surface area contributed by atoms with Crippen LogP contribution in [0.5, 0.6) is 0 Å². The molecule has 0 aliphatic carbocycles. The fourth-order valence-electron chi connectivity index (χ4n) is 1.91. The van der Waals surface area contributed by atoms with Crippen molar-refractivity contribution in [3.8, 4) is 0 Å². The molecule has 0 bridgehead atoms. The molecule has 0 radical (unpaired) electrons. The summed E-state index contributed by atoms with van der Waals surface area (Å²) in [6, 6.07) is 14.4. The second kappa shape index (κ2) is 7.48. The first kappa shape index (κ1) is 15.9. The van der Waals surface area contributed by atoms with Gasteiger partial charge in [0.25, 0.3) is 0 Å². The molecule has 4 heteroatoms. The summed E-state index contributed by atoms with van der Waals surface area (Å²) < 4.78 is 0. The van der Waals surface area contributed by atoms with E-state index in [4.69, 9.17) is 0 Å². The van der Waals surface area contributed by atoms with Gasteiger partial charge in [0.1, 0.15) is 0 Å². The summed E-state index contributed by atoms with van der Waals surface area (Å²) in [4.78, 5) is 12.8. The molecule has 0 spiro atoms. The van der Waals surface area contributed by atoms with Gasteiger partial charge in [-0.05, 0) is 28.8 Å². The Kier molecular flexibility index (Phi) is 5.65. The van der Waals surface area contributed by atoms with E-state index in [1.165, 1.54) is 22.5 Å². The number of fused-ring (bicyclic) bond motifs is 1. The smallest absolute Gasteiger partial charge is 0.230 e. The minimum Gasteiger partial charge on any atom is -0.391 e. The monoisotopic (exact) mass is 303 g/mol. The minimum atomic E-state index is -0.486. The lowest BCUT2D eigenvalue weighted by molar-refractivity contribution is -0.119. The highest BCUT2D eigenvalue weighted by molar-refractivity contribution is 8.00. The first-order valence-electron chi connectivity index (χ1n) is 7.12. The third-order valence-corrected chi connectivity index (χ3v) is 4.36. The number of carbonyl (C=O) groups excluding carboxylic acids is 1. The molecule has 0 aliphatic heterocycles. The third-order valence-electron chi connectivity index (χ3n) is 3.37. The molecule has 21 heavy (non-hydrogen) atoms. The van der Waals surface area contributed by atoms with E-state index >= 15 is 0 Å². The average molecular weight is 303 g/mol. The van der Waals surface area contributed by atoms with Crippen molar-refractivity contribution in [2.45, 2.75) is 24.8 Å². The zero-order chi connectivity index (χ0) is 15.2. The molecule has 112 valence electrons. The van der Waals surface area contributed by atoms with Gasteiger partial charge in [-0.1, -0.05) is 44.2 Å². The third kappa shape index (κ3) is 4.76. The average Bonchev–Trinajstić information content (AvgIpc) is 2.50. The summed E-state index contributed by atoms with van der Waals surface area (Å²) in [5.41, 5.74) is 0. The fraction of sp³-hybridized carbons (Fsp3) is 0.353. The van der Waals surface area contributed by atoms with E-state index in [9.17, 15) is 9.90 Å². The molecule has 2 N–H and O–H groups in total. The van der Waals surface area contributed by atoms with Crippen LogP contribution in [0, 0.1) is 5.92 Å². The van der Waals surface area contributed by atoms with Crippen LogP contribution < -0.4 is 5.32 Å².